The first-order chi connectivity index (χ1) is 7.39. The number of amides is 1. The summed E-state index contributed by atoms with van der Waals surface area (Å²) in [6.45, 7) is 12.1. The molecule has 0 saturated carbocycles. The molecule has 1 amide bonds. The van der Waals surface area contributed by atoms with Crippen molar-refractivity contribution < 1.29 is 39.1 Å². The average Bonchev–Trinajstić information content (AvgIpc) is 2.17. The molecule has 17 heavy (non-hydrogen) atoms. The van der Waals surface area contributed by atoms with Gasteiger partial charge in [-0.2, -0.15) is 5.26 Å². The SMILES string of the molecule is CCC(CC#N)NC(=O)OC(C)(C)C.[C-]#N.[Na+]. The monoisotopic (exact) mass is 247 g/mol. The molecule has 0 heterocycles. The Labute approximate surface area is 125 Å². The van der Waals surface area contributed by atoms with E-state index < -0.39 is 11.7 Å². The van der Waals surface area contributed by atoms with Gasteiger partial charge in [0, 0.05) is 6.04 Å². The molecule has 0 saturated heterocycles. The minimum absolute atomic E-state index is 0. The quantitative estimate of drug-likeness (QED) is 0.528. The zero-order valence-electron chi connectivity index (χ0n) is 11.2. The van der Waals surface area contributed by atoms with Gasteiger partial charge < -0.3 is 21.9 Å². The van der Waals surface area contributed by atoms with Crippen LogP contribution < -0.4 is 34.9 Å². The summed E-state index contributed by atoms with van der Waals surface area (Å²) in [6, 6.07) is 1.90. The van der Waals surface area contributed by atoms with E-state index >= 15 is 0 Å². The van der Waals surface area contributed by atoms with Crippen molar-refractivity contribution in [3.05, 3.63) is 6.57 Å². The number of rotatable bonds is 3. The van der Waals surface area contributed by atoms with Crippen molar-refractivity contribution in [2.24, 2.45) is 0 Å². The van der Waals surface area contributed by atoms with Crippen LogP contribution in [0.1, 0.15) is 40.5 Å². The number of hydrogen-bond donors (Lipinski definition) is 1. The van der Waals surface area contributed by atoms with Crippen LogP contribution in [0.25, 0.3) is 0 Å². The number of nitrogens with one attached hydrogen (secondary N) is 1. The number of alkyl carbamates (subject to hydrolysis) is 1. The Morgan fingerprint density at radius 2 is 1.94 bits per heavy atom. The van der Waals surface area contributed by atoms with Gasteiger partial charge in [-0.1, -0.05) is 6.92 Å². The van der Waals surface area contributed by atoms with Crippen LogP contribution in [0, 0.1) is 23.2 Å². The third-order valence-corrected chi connectivity index (χ3v) is 1.55. The third kappa shape index (κ3) is 15.2. The van der Waals surface area contributed by atoms with E-state index in [2.05, 4.69) is 5.32 Å². The number of hydrogen-bond acceptors (Lipinski definition) is 4. The molecule has 0 spiro atoms. The van der Waals surface area contributed by atoms with Crippen molar-refractivity contribution in [3.63, 3.8) is 0 Å². The fourth-order valence-corrected chi connectivity index (χ4v) is 0.882. The summed E-state index contributed by atoms with van der Waals surface area (Å²) in [6.07, 6.45) is 0.585. The van der Waals surface area contributed by atoms with E-state index in [0.29, 0.717) is 6.42 Å². The first kappa shape index (κ1) is 21.5. The Kier molecular flexibility index (Phi) is 14.8. The first-order valence-electron chi connectivity index (χ1n) is 4.98. The van der Waals surface area contributed by atoms with Gasteiger partial charge in [0.1, 0.15) is 5.60 Å². The average molecular weight is 247 g/mol. The second-order valence-corrected chi connectivity index (χ2v) is 4.11. The molecule has 0 rings (SSSR count). The van der Waals surface area contributed by atoms with Crippen LogP contribution >= 0.6 is 0 Å². The van der Waals surface area contributed by atoms with Crippen molar-refractivity contribution in [2.45, 2.75) is 52.2 Å². The summed E-state index contributed by atoms with van der Waals surface area (Å²) in [5.41, 5.74) is -0.491. The van der Waals surface area contributed by atoms with Crippen molar-refractivity contribution in [1.29, 1.82) is 10.5 Å². The van der Waals surface area contributed by atoms with Gasteiger partial charge in [-0.15, -0.1) is 0 Å². The summed E-state index contributed by atoms with van der Waals surface area (Å²) < 4.78 is 5.06. The Hall–Kier alpha value is -0.750. The number of carbonyl (C=O) groups is 1. The molecular weight excluding hydrogens is 229 g/mol. The topological polar surface area (TPSA) is 85.9 Å². The molecule has 90 valence electrons. The summed E-state index contributed by atoms with van der Waals surface area (Å²) in [5.74, 6) is 0. The van der Waals surface area contributed by atoms with Crippen LogP contribution in [0.4, 0.5) is 4.79 Å². The fraction of sp³-hybridized carbons (Fsp3) is 0.727. The second-order valence-electron chi connectivity index (χ2n) is 4.11. The summed E-state index contributed by atoms with van der Waals surface area (Å²) in [4.78, 5) is 11.3. The minimum atomic E-state index is -0.491. The molecule has 0 aromatic carbocycles. The molecular formula is C11H18N3NaO2. The van der Waals surface area contributed by atoms with Crippen LogP contribution in [0.15, 0.2) is 0 Å². The summed E-state index contributed by atoms with van der Waals surface area (Å²) >= 11 is 0. The predicted octanol–water partition coefficient (Wildman–Crippen LogP) is -0.696. The van der Waals surface area contributed by atoms with E-state index in [9.17, 15) is 4.79 Å². The van der Waals surface area contributed by atoms with Gasteiger partial charge in [0.15, 0.2) is 0 Å². The van der Waals surface area contributed by atoms with Crippen molar-refractivity contribution in [2.75, 3.05) is 0 Å². The van der Waals surface area contributed by atoms with E-state index in [1.807, 2.05) is 13.0 Å². The molecule has 0 bridgehead atoms. The molecule has 0 radical (unpaired) electrons. The number of nitrogens with zero attached hydrogens (tertiary/aromatic N) is 2. The van der Waals surface area contributed by atoms with Gasteiger partial charge in [-0.3, -0.25) is 0 Å². The number of nitriles is 1. The van der Waals surface area contributed by atoms with E-state index in [-0.39, 0.29) is 35.6 Å². The fourth-order valence-electron chi connectivity index (χ4n) is 0.882. The minimum Gasteiger partial charge on any atom is -0.512 e. The van der Waals surface area contributed by atoms with Crippen LogP contribution in [-0.2, 0) is 4.74 Å². The molecule has 1 atom stereocenters. The van der Waals surface area contributed by atoms with Gasteiger partial charge >= 0.3 is 35.7 Å². The standard InChI is InChI=1S/C10H18N2O2.CN.Na/c1-5-8(6-7-11)12-9(13)14-10(2,3)4;1-2;/h8H,5-6H2,1-4H3,(H,12,13);;/q;-1;+1. The van der Waals surface area contributed by atoms with Gasteiger partial charge in [-0.05, 0) is 27.2 Å². The zero-order valence-corrected chi connectivity index (χ0v) is 13.2. The molecule has 1 N–H and O–H groups in total. The Morgan fingerprint density at radius 3 is 2.24 bits per heavy atom. The molecule has 5 nitrogen and oxygen atoms in total. The van der Waals surface area contributed by atoms with Crippen LogP contribution in [-0.4, -0.2) is 17.7 Å². The molecule has 6 heteroatoms. The molecule has 1 unspecified atom stereocenters. The Bertz CT molecular complexity index is 266. The van der Waals surface area contributed by atoms with Crippen molar-refractivity contribution >= 4 is 6.09 Å². The van der Waals surface area contributed by atoms with Gasteiger partial charge in [0.05, 0.1) is 12.5 Å². The summed E-state index contributed by atoms with van der Waals surface area (Å²) in [5, 5.41) is 17.4. The molecule has 0 aliphatic rings. The maximum Gasteiger partial charge on any atom is 1.00 e. The normalized spacial score (nSPS) is 10.6. The van der Waals surface area contributed by atoms with Gasteiger partial charge in [0.25, 0.3) is 0 Å². The molecule has 0 fully saturated rings. The third-order valence-electron chi connectivity index (χ3n) is 1.55. The maximum atomic E-state index is 11.3. The Balaban J connectivity index is -0.000000616. The van der Waals surface area contributed by atoms with Gasteiger partial charge in [-0.25, -0.2) is 4.79 Å². The zero-order chi connectivity index (χ0) is 13.2. The second kappa shape index (κ2) is 11.7. The van der Waals surface area contributed by atoms with E-state index in [1.54, 1.807) is 20.8 Å². The van der Waals surface area contributed by atoms with Crippen molar-refractivity contribution in [3.8, 4) is 6.07 Å². The van der Waals surface area contributed by atoms with Crippen LogP contribution in [0.2, 0.25) is 0 Å². The number of ether oxygens (including phenoxy) is 1. The predicted molar refractivity (Wildman–Crippen MR) is 58.6 cm³/mol. The molecule has 0 aromatic heterocycles. The van der Waals surface area contributed by atoms with Crippen LogP contribution in [0.5, 0.6) is 0 Å². The largest absolute Gasteiger partial charge is 1.00 e. The van der Waals surface area contributed by atoms with E-state index in [1.165, 1.54) is 0 Å². The molecule has 0 aliphatic heterocycles. The van der Waals surface area contributed by atoms with Crippen molar-refractivity contribution in [1.82, 2.24) is 5.32 Å². The van der Waals surface area contributed by atoms with Crippen LogP contribution in [0.3, 0.4) is 0 Å². The number of carbonyl (C=O) groups excluding carboxylic acids is 1. The molecule has 0 aliphatic carbocycles. The molecule has 0 aromatic rings. The maximum absolute atomic E-state index is 11.3. The van der Waals surface area contributed by atoms with E-state index in [4.69, 9.17) is 21.8 Å². The van der Waals surface area contributed by atoms with Gasteiger partial charge in [0.2, 0.25) is 0 Å². The first-order valence-corrected chi connectivity index (χ1v) is 4.98. The smallest absolute Gasteiger partial charge is 0.512 e. The Morgan fingerprint density at radius 1 is 1.47 bits per heavy atom. The van der Waals surface area contributed by atoms with E-state index in [0.717, 1.165) is 6.42 Å². The summed E-state index contributed by atoms with van der Waals surface area (Å²) in [7, 11) is 0.